The first-order chi connectivity index (χ1) is 9.64. The van der Waals surface area contributed by atoms with Crippen molar-refractivity contribution in [1.29, 1.82) is 0 Å². The molecule has 2 atom stereocenters. The number of rotatable bonds is 7. The van der Waals surface area contributed by atoms with Crippen molar-refractivity contribution in [2.45, 2.75) is 32.1 Å². The van der Waals surface area contributed by atoms with Gasteiger partial charge in [0, 0.05) is 6.26 Å². The van der Waals surface area contributed by atoms with Gasteiger partial charge in [-0.15, -0.1) is 0 Å². The maximum atomic E-state index is 11.9. The molecule has 1 heterocycles. The third-order valence-electron chi connectivity index (χ3n) is 3.06. The van der Waals surface area contributed by atoms with Gasteiger partial charge in [-0.3, -0.25) is 4.79 Å². The number of carboxylic acid groups (broad SMARTS) is 1. The Morgan fingerprint density at radius 2 is 2.00 bits per heavy atom. The molecule has 0 fully saturated rings. The van der Waals surface area contributed by atoms with Gasteiger partial charge in [0.25, 0.3) is 5.91 Å². The predicted molar refractivity (Wildman–Crippen MR) is 75.6 cm³/mol. The van der Waals surface area contributed by atoms with E-state index in [1.807, 2.05) is 6.92 Å². The summed E-state index contributed by atoms with van der Waals surface area (Å²) in [5.74, 6) is -2.32. The Bertz CT molecular complexity index is 618. The van der Waals surface area contributed by atoms with Crippen LogP contribution in [0.15, 0.2) is 16.5 Å². The molecule has 0 aliphatic carbocycles. The normalized spacial score (nSPS) is 14.4. The smallest absolute Gasteiger partial charge is 0.326 e. The fourth-order valence-corrected chi connectivity index (χ4v) is 2.40. The average molecular weight is 317 g/mol. The molecule has 0 saturated heterocycles. The second-order valence-electron chi connectivity index (χ2n) is 5.01. The van der Waals surface area contributed by atoms with Crippen LogP contribution in [0, 0.1) is 5.92 Å². The molecule has 0 aliphatic rings. The lowest BCUT2D eigenvalue weighted by atomic mass is 9.99. The first kappa shape index (κ1) is 17.2. The minimum absolute atomic E-state index is 0.108. The highest BCUT2D eigenvalue weighted by Gasteiger charge is 2.27. The molecular weight excluding hydrogens is 298 g/mol. The average Bonchev–Trinajstić information content (AvgIpc) is 2.80. The van der Waals surface area contributed by atoms with Crippen molar-refractivity contribution in [3.8, 4) is 0 Å². The summed E-state index contributed by atoms with van der Waals surface area (Å²) in [6, 6.07) is 1.69. The van der Waals surface area contributed by atoms with E-state index in [1.165, 1.54) is 12.1 Å². The van der Waals surface area contributed by atoms with Gasteiger partial charge in [0.1, 0.15) is 17.6 Å². The van der Waals surface area contributed by atoms with E-state index in [2.05, 4.69) is 5.32 Å². The van der Waals surface area contributed by atoms with E-state index in [1.54, 1.807) is 6.92 Å². The molecule has 0 saturated carbocycles. The van der Waals surface area contributed by atoms with E-state index in [0.29, 0.717) is 6.42 Å². The Morgan fingerprint density at radius 3 is 2.48 bits per heavy atom. The molecule has 1 amide bonds. The molecule has 0 aliphatic heterocycles. The van der Waals surface area contributed by atoms with Crippen LogP contribution in [0.5, 0.6) is 0 Å². The highest BCUT2D eigenvalue weighted by Crippen LogP contribution is 2.13. The van der Waals surface area contributed by atoms with Crippen LogP contribution in [-0.2, 0) is 20.4 Å². The quantitative estimate of drug-likeness (QED) is 0.777. The van der Waals surface area contributed by atoms with Gasteiger partial charge in [0.15, 0.2) is 15.6 Å². The fraction of sp³-hybridized carbons (Fsp3) is 0.538. The standard InChI is InChI=1S/C13H19NO6S/c1-4-8(2)11(13(16)17)14-12(15)10-6-5-9(20-10)7-21(3,18)19/h5-6,8,11H,4,7H2,1-3H3,(H,14,15)(H,16,17). The third kappa shape index (κ3) is 5.22. The van der Waals surface area contributed by atoms with Gasteiger partial charge in [-0.1, -0.05) is 20.3 Å². The van der Waals surface area contributed by atoms with Crippen molar-refractivity contribution in [1.82, 2.24) is 5.32 Å². The Kier molecular flexibility index (Phi) is 5.54. The van der Waals surface area contributed by atoms with E-state index >= 15 is 0 Å². The summed E-state index contributed by atoms with van der Waals surface area (Å²) in [6.07, 6.45) is 1.65. The second-order valence-corrected chi connectivity index (χ2v) is 7.15. The van der Waals surface area contributed by atoms with Gasteiger partial charge in [0.2, 0.25) is 0 Å². The van der Waals surface area contributed by atoms with Crippen LogP contribution in [0.4, 0.5) is 0 Å². The zero-order valence-corrected chi connectivity index (χ0v) is 12.9. The highest BCUT2D eigenvalue weighted by molar-refractivity contribution is 7.89. The molecule has 2 unspecified atom stereocenters. The summed E-state index contributed by atoms with van der Waals surface area (Å²) in [5, 5.41) is 11.5. The molecule has 8 heteroatoms. The van der Waals surface area contributed by atoms with Crippen LogP contribution in [-0.4, -0.2) is 37.7 Å². The maximum Gasteiger partial charge on any atom is 0.326 e. The van der Waals surface area contributed by atoms with Gasteiger partial charge in [-0.2, -0.15) is 0 Å². The molecule has 1 aromatic rings. The summed E-state index contributed by atoms with van der Waals surface area (Å²) in [7, 11) is -3.26. The molecule has 0 aromatic carbocycles. The lowest BCUT2D eigenvalue weighted by Crippen LogP contribution is -2.44. The topological polar surface area (TPSA) is 114 Å². The summed E-state index contributed by atoms with van der Waals surface area (Å²) < 4.78 is 27.4. The largest absolute Gasteiger partial charge is 0.480 e. The number of furan rings is 1. The number of carboxylic acids is 1. The van der Waals surface area contributed by atoms with Crippen molar-refractivity contribution in [2.75, 3.05) is 6.26 Å². The number of sulfone groups is 1. The zero-order chi connectivity index (χ0) is 16.2. The Hall–Kier alpha value is -1.83. The van der Waals surface area contributed by atoms with Crippen molar-refractivity contribution in [3.05, 3.63) is 23.7 Å². The molecule has 21 heavy (non-hydrogen) atoms. The number of hydrogen-bond acceptors (Lipinski definition) is 5. The minimum Gasteiger partial charge on any atom is -0.480 e. The lowest BCUT2D eigenvalue weighted by molar-refractivity contribution is -0.140. The SMILES string of the molecule is CCC(C)C(NC(=O)c1ccc(CS(C)(=O)=O)o1)C(=O)O. The van der Waals surface area contributed by atoms with Crippen LogP contribution in [0.2, 0.25) is 0 Å². The second kappa shape index (κ2) is 6.75. The van der Waals surface area contributed by atoms with Gasteiger partial charge in [-0.05, 0) is 18.1 Å². The first-order valence-electron chi connectivity index (χ1n) is 6.44. The summed E-state index contributed by atoms with van der Waals surface area (Å²) >= 11 is 0. The Labute approximate surface area is 123 Å². The Morgan fingerprint density at radius 1 is 1.38 bits per heavy atom. The first-order valence-corrected chi connectivity index (χ1v) is 8.50. The number of aliphatic carboxylic acids is 1. The zero-order valence-electron chi connectivity index (χ0n) is 12.1. The number of carbonyl (C=O) groups excluding carboxylic acids is 1. The molecule has 0 radical (unpaired) electrons. The summed E-state index contributed by atoms with van der Waals surface area (Å²) in [5.41, 5.74) is 0. The van der Waals surface area contributed by atoms with Gasteiger partial charge < -0.3 is 14.8 Å². The van der Waals surface area contributed by atoms with Gasteiger partial charge in [0.05, 0.1) is 0 Å². The van der Waals surface area contributed by atoms with Crippen LogP contribution in [0.1, 0.15) is 36.6 Å². The lowest BCUT2D eigenvalue weighted by Gasteiger charge is -2.19. The van der Waals surface area contributed by atoms with Crippen LogP contribution >= 0.6 is 0 Å². The van der Waals surface area contributed by atoms with Crippen LogP contribution < -0.4 is 5.32 Å². The molecule has 118 valence electrons. The molecule has 1 rings (SSSR count). The number of nitrogens with one attached hydrogen (secondary N) is 1. The van der Waals surface area contributed by atoms with Gasteiger partial charge >= 0.3 is 5.97 Å². The molecule has 7 nitrogen and oxygen atoms in total. The molecular formula is C13H19NO6S. The molecule has 1 aromatic heterocycles. The van der Waals surface area contributed by atoms with Crippen molar-refractivity contribution in [3.63, 3.8) is 0 Å². The molecule has 2 N–H and O–H groups in total. The van der Waals surface area contributed by atoms with E-state index in [0.717, 1.165) is 6.26 Å². The van der Waals surface area contributed by atoms with Crippen molar-refractivity contribution >= 4 is 21.7 Å². The fourth-order valence-electron chi connectivity index (χ4n) is 1.73. The van der Waals surface area contributed by atoms with Crippen molar-refractivity contribution < 1.29 is 27.5 Å². The minimum atomic E-state index is -3.26. The summed E-state index contributed by atoms with van der Waals surface area (Å²) in [6.45, 7) is 3.54. The van der Waals surface area contributed by atoms with Crippen LogP contribution in [0.25, 0.3) is 0 Å². The van der Waals surface area contributed by atoms with E-state index in [-0.39, 0.29) is 23.2 Å². The molecule has 0 spiro atoms. The number of hydrogen-bond donors (Lipinski definition) is 2. The van der Waals surface area contributed by atoms with E-state index in [9.17, 15) is 18.0 Å². The van der Waals surface area contributed by atoms with E-state index in [4.69, 9.17) is 9.52 Å². The van der Waals surface area contributed by atoms with Crippen molar-refractivity contribution in [2.24, 2.45) is 5.92 Å². The third-order valence-corrected chi connectivity index (χ3v) is 3.86. The van der Waals surface area contributed by atoms with E-state index < -0.39 is 27.8 Å². The maximum absolute atomic E-state index is 11.9. The Balaban J connectivity index is 2.82. The monoisotopic (exact) mass is 317 g/mol. The highest BCUT2D eigenvalue weighted by atomic mass is 32.2. The van der Waals surface area contributed by atoms with Gasteiger partial charge in [-0.25, -0.2) is 13.2 Å². The number of carbonyl (C=O) groups is 2. The predicted octanol–water partition coefficient (Wildman–Crippen LogP) is 1.05. The number of amides is 1. The van der Waals surface area contributed by atoms with Crippen LogP contribution in [0.3, 0.4) is 0 Å². The molecule has 0 bridgehead atoms. The summed E-state index contributed by atoms with van der Waals surface area (Å²) in [4.78, 5) is 23.1.